The molecule has 0 radical (unpaired) electrons. The molecule has 7 nitrogen and oxygen atoms in total. The number of amides is 2. The van der Waals surface area contributed by atoms with Crippen molar-refractivity contribution in [2.45, 2.75) is 66.7 Å². The van der Waals surface area contributed by atoms with Crippen molar-refractivity contribution in [3.8, 4) is 0 Å². The van der Waals surface area contributed by atoms with Crippen LogP contribution < -0.4 is 10.6 Å². The number of hydrogen-bond acceptors (Lipinski definition) is 4. The van der Waals surface area contributed by atoms with Crippen LogP contribution in [-0.4, -0.2) is 33.4 Å². The summed E-state index contributed by atoms with van der Waals surface area (Å²) in [5, 5.41) is 10.0. The van der Waals surface area contributed by atoms with E-state index in [1.807, 2.05) is 62.7 Å². The Balaban J connectivity index is 2.07. The fraction of sp³-hybridized carbons (Fsp3) is 0.500. The molecule has 1 aromatic carbocycles. The van der Waals surface area contributed by atoms with Gasteiger partial charge in [0, 0.05) is 11.4 Å². The summed E-state index contributed by atoms with van der Waals surface area (Å²) < 4.78 is 7.21. The molecule has 0 aliphatic carbocycles. The second-order valence-corrected chi connectivity index (χ2v) is 8.64. The highest BCUT2D eigenvalue weighted by Crippen LogP contribution is 2.15. The van der Waals surface area contributed by atoms with Crippen molar-refractivity contribution in [2.75, 3.05) is 5.32 Å². The van der Waals surface area contributed by atoms with Gasteiger partial charge in [-0.1, -0.05) is 26.0 Å². The molecule has 0 aliphatic heterocycles. The summed E-state index contributed by atoms with van der Waals surface area (Å²) in [6.45, 7) is 13.7. The first-order chi connectivity index (χ1) is 13.4. The first kappa shape index (κ1) is 22.5. The number of rotatable bonds is 6. The minimum absolute atomic E-state index is 0.0969. The molecular formula is C22H32N4O3. The molecule has 1 aromatic heterocycles. The van der Waals surface area contributed by atoms with E-state index in [1.54, 1.807) is 20.8 Å². The Morgan fingerprint density at radius 2 is 1.86 bits per heavy atom. The third-order valence-electron chi connectivity index (χ3n) is 4.25. The molecular weight excluding hydrogens is 368 g/mol. The molecule has 1 heterocycles. The van der Waals surface area contributed by atoms with Crippen LogP contribution in [-0.2, 0) is 16.1 Å². The predicted octanol–water partition coefficient (Wildman–Crippen LogP) is 4.04. The Morgan fingerprint density at radius 1 is 1.17 bits per heavy atom. The summed E-state index contributed by atoms with van der Waals surface area (Å²) in [5.41, 5.74) is 3.12. The number of alkyl carbamates (subject to hydrolysis) is 1. The molecule has 2 rings (SSSR count). The summed E-state index contributed by atoms with van der Waals surface area (Å²) in [4.78, 5) is 24.9. The zero-order valence-electron chi connectivity index (χ0n) is 18.4. The van der Waals surface area contributed by atoms with Gasteiger partial charge in [-0.3, -0.25) is 9.48 Å². The largest absolute Gasteiger partial charge is 0.444 e. The topological polar surface area (TPSA) is 85.2 Å². The molecule has 2 N–H and O–H groups in total. The third kappa shape index (κ3) is 6.93. The maximum absolute atomic E-state index is 12.8. The monoisotopic (exact) mass is 400 g/mol. The highest BCUT2D eigenvalue weighted by molar-refractivity contribution is 5.96. The van der Waals surface area contributed by atoms with Crippen molar-refractivity contribution in [1.29, 1.82) is 0 Å². The van der Waals surface area contributed by atoms with E-state index in [4.69, 9.17) is 4.74 Å². The predicted molar refractivity (Wildman–Crippen MR) is 114 cm³/mol. The Hall–Kier alpha value is -2.83. The Bertz CT molecular complexity index is 865. The number of carbonyl (C=O) groups is 2. The summed E-state index contributed by atoms with van der Waals surface area (Å²) in [5.74, 6) is -0.380. The fourth-order valence-electron chi connectivity index (χ4n) is 2.94. The Kier molecular flexibility index (Phi) is 7.06. The lowest BCUT2D eigenvalue weighted by Crippen LogP contribution is -2.48. The lowest BCUT2D eigenvalue weighted by Gasteiger charge is -2.25. The zero-order chi connectivity index (χ0) is 21.8. The molecule has 0 saturated heterocycles. The second kappa shape index (κ2) is 9.11. The second-order valence-electron chi connectivity index (χ2n) is 8.64. The van der Waals surface area contributed by atoms with Crippen molar-refractivity contribution in [3.05, 3.63) is 47.3 Å². The fourth-order valence-corrected chi connectivity index (χ4v) is 2.94. The summed E-state index contributed by atoms with van der Waals surface area (Å²) in [6, 6.07) is 8.95. The van der Waals surface area contributed by atoms with Gasteiger partial charge in [-0.15, -0.1) is 0 Å². The van der Waals surface area contributed by atoms with E-state index < -0.39 is 17.7 Å². The molecule has 158 valence electrons. The van der Waals surface area contributed by atoms with Gasteiger partial charge >= 0.3 is 6.09 Å². The number of nitrogens with zero attached hydrogens (tertiary/aromatic N) is 2. The van der Waals surface area contributed by atoms with Crippen LogP contribution in [0, 0.1) is 19.8 Å². The molecule has 0 aliphatic rings. The third-order valence-corrected chi connectivity index (χ3v) is 4.25. The van der Waals surface area contributed by atoms with Crippen molar-refractivity contribution in [2.24, 2.45) is 5.92 Å². The maximum Gasteiger partial charge on any atom is 0.408 e. The van der Waals surface area contributed by atoms with Crippen molar-refractivity contribution in [3.63, 3.8) is 0 Å². The molecule has 29 heavy (non-hydrogen) atoms. The van der Waals surface area contributed by atoms with Gasteiger partial charge in [0.15, 0.2) is 0 Å². The molecule has 2 amide bonds. The molecule has 1 unspecified atom stereocenters. The van der Waals surface area contributed by atoms with Crippen LogP contribution in [0.15, 0.2) is 30.3 Å². The van der Waals surface area contributed by atoms with Gasteiger partial charge in [0.25, 0.3) is 0 Å². The minimum Gasteiger partial charge on any atom is -0.444 e. The van der Waals surface area contributed by atoms with Gasteiger partial charge in [0.2, 0.25) is 5.91 Å². The smallest absolute Gasteiger partial charge is 0.408 e. The highest BCUT2D eigenvalue weighted by Gasteiger charge is 2.27. The van der Waals surface area contributed by atoms with Gasteiger partial charge < -0.3 is 15.4 Å². The van der Waals surface area contributed by atoms with Crippen molar-refractivity contribution in [1.82, 2.24) is 15.1 Å². The van der Waals surface area contributed by atoms with Crippen molar-refractivity contribution >= 4 is 17.7 Å². The Labute approximate surface area is 172 Å². The van der Waals surface area contributed by atoms with E-state index in [-0.39, 0.29) is 11.8 Å². The van der Waals surface area contributed by atoms with E-state index in [0.29, 0.717) is 12.2 Å². The number of carbonyl (C=O) groups excluding carboxylic acids is 2. The number of anilines is 1. The van der Waals surface area contributed by atoms with Gasteiger partial charge in [-0.25, -0.2) is 4.79 Å². The van der Waals surface area contributed by atoms with Gasteiger partial charge in [0.1, 0.15) is 11.6 Å². The van der Waals surface area contributed by atoms with Gasteiger partial charge in [0.05, 0.1) is 12.2 Å². The molecule has 0 fully saturated rings. The molecule has 2 aromatic rings. The van der Waals surface area contributed by atoms with Crippen LogP contribution in [0.3, 0.4) is 0 Å². The van der Waals surface area contributed by atoms with E-state index in [1.165, 1.54) is 0 Å². The SMILES string of the molecule is Cc1cc(C)n(Cc2cccc(NC(=O)C(NC(=O)OC(C)(C)C)C(C)C)c2)n1. The van der Waals surface area contributed by atoms with Crippen molar-refractivity contribution < 1.29 is 14.3 Å². The summed E-state index contributed by atoms with van der Waals surface area (Å²) in [7, 11) is 0. The van der Waals surface area contributed by atoms with Crippen LogP contribution in [0.25, 0.3) is 0 Å². The van der Waals surface area contributed by atoms with Gasteiger partial charge in [-0.2, -0.15) is 5.10 Å². The van der Waals surface area contributed by atoms with Crippen LogP contribution in [0.2, 0.25) is 0 Å². The number of benzene rings is 1. The lowest BCUT2D eigenvalue weighted by atomic mass is 10.0. The average Bonchev–Trinajstić information content (AvgIpc) is 2.88. The highest BCUT2D eigenvalue weighted by atomic mass is 16.6. The molecule has 0 saturated carbocycles. The van der Waals surface area contributed by atoms with Gasteiger partial charge in [-0.05, 0) is 64.3 Å². The summed E-state index contributed by atoms with van der Waals surface area (Å²) in [6.07, 6.45) is -0.607. The number of aryl methyl sites for hydroxylation is 2. The van der Waals surface area contributed by atoms with E-state index in [0.717, 1.165) is 17.0 Å². The average molecular weight is 401 g/mol. The van der Waals surface area contributed by atoms with Crippen LogP contribution in [0.4, 0.5) is 10.5 Å². The Morgan fingerprint density at radius 3 is 2.41 bits per heavy atom. The first-order valence-electron chi connectivity index (χ1n) is 9.85. The first-order valence-corrected chi connectivity index (χ1v) is 9.85. The van der Waals surface area contributed by atoms with E-state index >= 15 is 0 Å². The maximum atomic E-state index is 12.8. The summed E-state index contributed by atoms with van der Waals surface area (Å²) >= 11 is 0. The standard InChI is InChI=1S/C22H32N4O3/c1-14(2)19(24-21(28)29-22(5,6)7)20(27)23-18-10-8-9-17(12-18)13-26-16(4)11-15(3)25-26/h8-12,14,19H,13H2,1-7H3,(H,23,27)(H,24,28). The lowest BCUT2D eigenvalue weighted by molar-refractivity contribution is -0.119. The number of nitrogens with one attached hydrogen (secondary N) is 2. The van der Waals surface area contributed by atoms with Crippen LogP contribution in [0.5, 0.6) is 0 Å². The molecule has 0 spiro atoms. The number of ether oxygens (including phenoxy) is 1. The minimum atomic E-state index is -0.704. The number of hydrogen-bond donors (Lipinski definition) is 2. The normalized spacial score (nSPS) is 12.6. The van der Waals surface area contributed by atoms with Crippen LogP contribution in [0.1, 0.15) is 51.6 Å². The van der Waals surface area contributed by atoms with Crippen LogP contribution >= 0.6 is 0 Å². The molecule has 1 atom stereocenters. The molecule has 0 bridgehead atoms. The zero-order valence-corrected chi connectivity index (χ0v) is 18.4. The molecule has 7 heteroatoms. The van der Waals surface area contributed by atoms with E-state index in [9.17, 15) is 9.59 Å². The quantitative estimate of drug-likeness (QED) is 0.766. The van der Waals surface area contributed by atoms with E-state index in [2.05, 4.69) is 15.7 Å². The number of aromatic nitrogens is 2.